The summed E-state index contributed by atoms with van der Waals surface area (Å²) in [7, 11) is -3.78. The zero-order valence-corrected chi connectivity index (χ0v) is 10.0. The van der Waals surface area contributed by atoms with Crippen LogP contribution in [0.4, 0.5) is 0 Å². The predicted molar refractivity (Wildman–Crippen MR) is 63.8 cm³/mol. The number of primary sulfonamides is 1. The summed E-state index contributed by atoms with van der Waals surface area (Å²) in [4.78, 5) is 11.5. The van der Waals surface area contributed by atoms with Gasteiger partial charge >= 0.3 is 0 Å². The third-order valence-electron chi connectivity index (χ3n) is 2.09. The van der Waals surface area contributed by atoms with E-state index in [1.807, 2.05) is 0 Å². The minimum absolute atomic E-state index is 0.0797. The van der Waals surface area contributed by atoms with Crippen molar-refractivity contribution in [3.05, 3.63) is 29.8 Å². The molecule has 94 valence electrons. The SMILES string of the molecule is NCCCNC(=O)c1cccc(S(N)(=O)=O)c1. The van der Waals surface area contributed by atoms with Crippen molar-refractivity contribution in [1.82, 2.24) is 5.32 Å². The minimum atomic E-state index is -3.78. The number of amides is 1. The molecule has 0 atom stereocenters. The van der Waals surface area contributed by atoms with Gasteiger partial charge in [-0.05, 0) is 31.2 Å². The van der Waals surface area contributed by atoms with Crippen LogP contribution in [0.5, 0.6) is 0 Å². The van der Waals surface area contributed by atoms with E-state index in [1.165, 1.54) is 24.3 Å². The van der Waals surface area contributed by atoms with Crippen LogP contribution in [0.2, 0.25) is 0 Å². The number of carbonyl (C=O) groups excluding carboxylic acids is 1. The summed E-state index contributed by atoms with van der Waals surface area (Å²) in [5.41, 5.74) is 5.55. The van der Waals surface area contributed by atoms with Gasteiger partial charge in [-0.3, -0.25) is 4.79 Å². The second-order valence-electron chi connectivity index (χ2n) is 3.47. The van der Waals surface area contributed by atoms with Crippen LogP contribution in [0.25, 0.3) is 0 Å². The predicted octanol–water partition coefficient (Wildman–Crippen LogP) is -0.587. The van der Waals surface area contributed by atoms with Crippen molar-refractivity contribution in [2.24, 2.45) is 10.9 Å². The van der Waals surface area contributed by atoms with Crippen LogP contribution < -0.4 is 16.2 Å². The fourth-order valence-corrected chi connectivity index (χ4v) is 1.78. The maximum atomic E-state index is 11.6. The summed E-state index contributed by atoms with van der Waals surface area (Å²) >= 11 is 0. The molecule has 6 nitrogen and oxygen atoms in total. The lowest BCUT2D eigenvalue weighted by molar-refractivity contribution is 0.0953. The molecule has 1 aromatic rings. The number of hydrogen-bond donors (Lipinski definition) is 3. The number of benzene rings is 1. The van der Waals surface area contributed by atoms with Gasteiger partial charge in [0.15, 0.2) is 0 Å². The van der Waals surface area contributed by atoms with Gasteiger partial charge in [0.25, 0.3) is 5.91 Å². The van der Waals surface area contributed by atoms with Gasteiger partial charge in [0.1, 0.15) is 0 Å². The molecule has 0 aliphatic carbocycles. The molecule has 0 heterocycles. The number of nitrogens with two attached hydrogens (primary N) is 2. The van der Waals surface area contributed by atoms with Crippen molar-refractivity contribution < 1.29 is 13.2 Å². The Hall–Kier alpha value is -1.44. The molecule has 0 radical (unpaired) electrons. The normalized spacial score (nSPS) is 11.2. The Balaban J connectivity index is 2.82. The van der Waals surface area contributed by atoms with E-state index < -0.39 is 10.0 Å². The Bertz CT molecular complexity index is 499. The molecule has 0 saturated heterocycles. The van der Waals surface area contributed by atoms with Gasteiger partial charge in [-0.15, -0.1) is 0 Å². The smallest absolute Gasteiger partial charge is 0.251 e. The maximum absolute atomic E-state index is 11.6. The lowest BCUT2D eigenvalue weighted by atomic mass is 10.2. The van der Waals surface area contributed by atoms with Crippen LogP contribution in [-0.4, -0.2) is 27.4 Å². The molecule has 0 unspecified atom stereocenters. The average Bonchev–Trinajstić information content (AvgIpc) is 2.28. The minimum Gasteiger partial charge on any atom is -0.352 e. The molecule has 0 aromatic heterocycles. The zero-order valence-electron chi connectivity index (χ0n) is 9.22. The zero-order chi connectivity index (χ0) is 12.9. The van der Waals surface area contributed by atoms with Crippen LogP contribution in [-0.2, 0) is 10.0 Å². The van der Waals surface area contributed by atoms with E-state index >= 15 is 0 Å². The van der Waals surface area contributed by atoms with E-state index in [0.29, 0.717) is 19.5 Å². The highest BCUT2D eigenvalue weighted by Crippen LogP contribution is 2.09. The summed E-state index contributed by atoms with van der Waals surface area (Å²) in [5.74, 6) is -0.344. The summed E-state index contributed by atoms with van der Waals surface area (Å²) in [6.07, 6.45) is 0.667. The van der Waals surface area contributed by atoms with Gasteiger partial charge in [0, 0.05) is 12.1 Å². The van der Waals surface area contributed by atoms with Gasteiger partial charge in [0.2, 0.25) is 10.0 Å². The summed E-state index contributed by atoms with van der Waals surface area (Å²) < 4.78 is 22.2. The van der Waals surface area contributed by atoms with Crippen molar-refractivity contribution in [1.29, 1.82) is 0 Å². The molecule has 0 aliphatic heterocycles. The van der Waals surface area contributed by atoms with Crippen molar-refractivity contribution in [3.63, 3.8) is 0 Å². The average molecular weight is 257 g/mol. The number of carbonyl (C=O) groups is 1. The van der Waals surface area contributed by atoms with Crippen LogP contribution in [0, 0.1) is 0 Å². The highest BCUT2D eigenvalue weighted by Gasteiger charge is 2.11. The number of hydrogen-bond acceptors (Lipinski definition) is 4. The Labute approximate surface area is 100 Å². The van der Waals surface area contributed by atoms with Crippen LogP contribution >= 0.6 is 0 Å². The van der Waals surface area contributed by atoms with Gasteiger partial charge in [-0.1, -0.05) is 6.07 Å². The van der Waals surface area contributed by atoms with Crippen LogP contribution in [0.15, 0.2) is 29.2 Å². The van der Waals surface area contributed by atoms with Gasteiger partial charge < -0.3 is 11.1 Å². The standard InChI is InChI=1S/C10H15N3O3S/c11-5-2-6-13-10(14)8-3-1-4-9(7-8)17(12,15)16/h1,3-4,7H,2,5-6,11H2,(H,13,14)(H2,12,15,16). The van der Waals surface area contributed by atoms with Crippen molar-refractivity contribution in [3.8, 4) is 0 Å². The first-order valence-electron chi connectivity index (χ1n) is 5.06. The molecule has 0 saturated carbocycles. The molecule has 7 heteroatoms. The largest absolute Gasteiger partial charge is 0.352 e. The number of nitrogens with one attached hydrogen (secondary N) is 1. The number of sulfonamides is 1. The topological polar surface area (TPSA) is 115 Å². The molecule has 0 aliphatic rings. The molecular formula is C10H15N3O3S. The molecule has 1 rings (SSSR count). The third-order valence-corrected chi connectivity index (χ3v) is 3.00. The fourth-order valence-electron chi connectivity index (χ4n) is 1.22. The third kappa shape index (κ3) is 4.14. The first kappa shape index (κ1) is 13.6. The monoisotopic (exact) mass is 257 g/mol. The molecular weight excluding hydrogens is 242 g/mol. The van der Waals surface area contributed by atoms with Gasteiger partial charge in [-0.25, -0.2) is 13.6 Å². The lowest BCUT2D eigenvalue weighted by Gasteiger charge is -2.05. The molecule has 17 heavy (non-hydrogen) atoms. The fraction of sp³-hybridized carbons (Fsp3) is 0.300. The summed E-state index contributed by atoms with van der Waals surface area (Å²) in [6.45, 7) is 0.937. The quantitative estimate of drug-likeness (QED) is 0.611. The Morgan fingerprint density at radius 3 is 2.65 bits per heavy atom. The van der Waals surface area contributed by atoms with Crippen molar-refractivity contribution >= 4 is 15.9 Å². The van der Waals surface area contributed by atoms with E-state index in [-0.39, 0.29) is 16.4 Å². The summed E-state index contributed by atoms with van der Waals surface area (Å²) in [6, 6.07) is 5.57. The molecule has 1 aromatic carbocycles. The van der Waals surface area contributed by atoms with Gasteiger partial charge in [-0.2, -0.15) is 0 Å². The molecule has 5 N–H and O–H groups in total. The first-order chi connectivity index (χ1) is 7.95. The first-order valence-corrected chi connectivity index (χ1v) is 6.61. The second kappa shape index (κ2) is 5.76. The summed E-state index contributed by atoms with van der Waals surface area (Å²) in [5, 5.41) is 7.60. The highest BCUT2D eigenvalue weighted by molar-refractivity contribution is 7.89. The van der Waals surface area contributed by atoms with Crippen LogP contribution in [0.3, 0.4) is 0 Å². The maximum Gasteiger partial charge on any atom is 0.251 e. The van der Waals surface area contributed by atoms with E-state index in [9.17, 15) is 13.2 Å². The van der Waals surface area contributed by atoms with E-state index in [4.69, 9.17) is 10.9 Å². The molecule has 0 spiro atoms. The van der Waals surface area contributed by atoms with Crippen molar-refractivity contribution in [2.45, 2.75) is 11.3 Å². The van der Waals surface area contributed by atoms with Crippen molar-refractivity contribution in [2.75, 3.05) is 13.1 Å². The van der Waals surface area contributed by atoms with Gasteiger partial charge in [0.05, 0.1) is 4.90 Å². The van der Waals surface area contributed by atoms with E-state index in [2.05, 4.69) is 5.32 Å². The number of rotatable bonds is 5. The molecule has 0 bridgehead atoms. The van der Waals surface area contributed by atoms with Crippen LogP contribution in [0.1, 0.15) is 16.8 Å². The van der Waals surface area contributed by atoms with E-state index in [0.717, 1.165) is 0 Å². The molecule has 1 amide bonds. The Kier molecular flexibility index (Phi) is 4.62. The lowest BCUT2D eigenvalue weighted by Crippen LogP contribution is -2.26. The molecule has 0 fully saturated rings. The van der Waals surface area contributed by atoms with E-state index in [1.54, 1.807) is 0 Å². The highest BCUT2D eigenvalue weighted by atomic mass is 32.2. The Morgan fingerprint density at radius 2 is 2.06 bits per heavy atom. The Morgan fingerprint density at radius 1 is 1.35 bits per heavy atom. The second-order valence-corrected chi connectivity index (χ2v) is 5.03.